The van der Waals surface area contributed by atoms with Crippen molar-refractivity contribution in [2.24, 2.45) is 0 Å². The van der Waals surface area contributed by atoms with Crippen molar-refractivity contribution in [2.75, 3.05) is 20.2 Å². The maximum atomic E-state index is 8.91. The van der Waals surface area contributed by atoms with E-state index in [1.807, 2.05) is 0 Å². The molecule has 0 radical (unpaired) electrons. The topological polar surface area (TPSA) is 20.2 Å². The highest BCUT2D eigenvalue weighted by atomic mass is 16.3. The van der Waals surface area contributed by atoms with Crippen LogP contribution in [0.5, 0.6) is 0 Å². The Labute approximate surface area is 69.4 Å². The van der Waals surface area contributed by atoms with Gasteiger partial charge in [-0.2, -0.15) is 0 Å². The van der Waals surface area contributed by atoms with Crippen LogP contribution in [0.1, 0.15) is 26.7 Å². The van der Waals surface area contributed by atoms with Gasteiger partial charge < -0.3 is 9.59 Å². The highest BCUT2D eigenvalue weighted by Crippen LogP contribution is 2.29. The fraction of sp³-hybridized carbons (Fsp3) is 1.00. The number of likely N-dealkylation sites (tertiary alicyclic amines) is 1. The third kappa shape index (κ3) is 1.42. The first-order valence-electron chi connectivity index (χ1n) is 4.57. The highest BCUT2D eigenvalue weighted by Gasteiger charge is 2.40. The second-order valence-corrected chi connectivity index (χ2v) is 4.07. The first-order chi connectivity index (χ1) is 5.11. The quantitative estimate of drug-likeness (QED) is 0.594. The van der Waals surface area contributed by atoms with Gasteiger partial charge in [0.2, 0.25) is 0 Å². The smallest absolute Gasteiger partial charge is 0.102 e. The Hall–Kier alpha value is -0.0800. The minimum absolute atomic E-state index is 0.325. The van der Waals surface area contributed by atoms with E-state index in [4.69, 9.17) is 5.11 Å². The summed E-state index contributed by atoms with van der Waals surface area (Å²) in [6.45, 7) is 5.83. The molecule has 1 aliphatic heterocycles. The van der Waals surface area contributed by atoms with Gasteiger partial charge >= 0.3 is 0 Å². The second-order valence-electron chi connectivity index (χ2n) is 4.07. The Bertz CT molecular complexity index is 126. The molecule has 1 N–H and O–H groups in total. The van der Waals surface area contributed by atoms with Crippen LogP contribution in [0.15, 0.2) is 0 Å². The van der Waals surface area contributed by atoms with Gasteiger partial charge in [0.05, 0.1) is 25.7 Å². The van der Waals surface area contributed by atoms with E-state index in [0.29, 0.717) is 6.61 Å². The third-order valence-electron chi connectivity index (χ3n) is 3.60. The molecule has 0 bridgehead atoms. The summed E-state index contributed by atoms with van der Waals surface area (Å²) in [5.41, 5.74) is 0. The van der Waals surface area contributed by atoms with Crippen LogP contribution in [0.3, 0.4) is 0 Å². The average molecular weight is 158 g/mol. The number of hydrogen-bond donors (Lipinski definition) is 1. The molecular formula is C9H20NO+. The van der Waals surface area contributed by atoms with Gasteiger partial charge in [-0.25, -0.2) is 0 Å². The number of hydrogen-bond acceptors (Lipinski definition) is 1. The van der Waals surface area contributed by atoms with E-state index in [2.05, 4.69) is 20.9 Å². The largest absolute Gasteiger partial charge is 0.391 e. The molecule has 0 amide bonds. The van der Waals surface area contributed by atoms with E-state index < -0.39 is 0 Å². The predicted octanol–water partition coefficient (Wildman–Crippen LogP) is 0.996. The summed E-state index contributed by atoms with van der Waals surface area (Å²) in [4.78, 5) is 0. The summed E-state index contributed by atoms with van der Waals surface area (Å²) in [6, 6.07) is 1.47. The van der Waals surface area contributed by atoms with Crippen LogP contribution in [-0.2, 0) is 0 Å². The predicted molar refractivity (Wildman–Crippen MR) is 46.3 cm³/mol. The number of aliphatic hydroxyl groups is 1. The number of quaternary nitrogens is 1. The second kappa shape index (κ2) is 3.11. The highest BCUT2D eigenvalue weighted by molar-refractivity contribution is 4.68. The first kappa shape index (κ1) is 9.01. The molecule has 1 heterocycles. The fourth-order valence-corrected chi connectivity index (χ4v) is 2.16. The Morgan fingerprint density at radius 1 is 1.27 bits per heavy atom. The zero-order valence-corrected chi connectivity index (χ0v) is 7.88. The summed E-state index contributed by atoms with van der Waals surface area (Å²) in [5, 5.41) is 8.91. The number of rotatable bonds is 2. The molecule has 2 unspecified atom stereocenters. The molecule has 66 valence electrons. The Morgan fingerprint density at radius 3 is 2.09 bits per heavy atom. The minimum atomic E-state index is 0.325. The van der Waals surface area contributed by atoms with Crippen molar-refractivity contribution in [1.29, 1.82) is 0 Å². The molecule has 1 rings (SSSR count). The molecule has 0 aromatic carbocycles. The van der Waals surface area contributed by atoms with Gasteiger partial charge in [0, 0.05) is 12.8 Å². The molecule has 1 saturated heterocycles. The van der Waals surface area contributed by atoms with Crippen molar-refractivity contribution in [2.45, 2.75) is 38.8 Å². The SMILES string of the molecule is CC1CCC(C)[N+]1(C)CCO. The summed E-state index contributed by atoms with van der Waals surface area (Å²) < 4.78 is 1.07. The molecular weight excluding hydrogens is 138 g/mol. The van der Waals surface area contributed by atoms with Crippen molar-refractivity contribution in [3.63, 3.8) is 0 Å². The molecule has 0 aliphatic carbocycles. The monoisotopic (exact) mass is 158 g/mol. The third-order valence-corrected chi connectivity index (χ3v) is 3.60. The molecule has 0 spiro atoms. The van der Waals surface area contributed by atoms with E-state index in [9.17, 15) is 0 Å². The fourth-order valence-electron chi connectivity index (χ4n) is 2.16. The normalized spacial score (nSPS) is 44.7. The summed E-state index contributed by atoms with van der Waals surface area (Å²) in [5.74, 6) is 0. The Kier molecular flexibility index (Phi) is 2.55. The maximum Gasteiger partial charge on any atom is 0.102 e. The van der Waals surface area contributed by atoms with Crippen LogP contribution in [0, 0.1) is 0 Å². The van der Waals surface area contributed by atoms with Crippen LogP contribution in [0.25, 0.3) is 0 Å². The van der Waals surface area contributed by atoms with Gasteiger partial charge in [0.15, 0.2) is 0 Å². The zero-order chi connectivity index (χ0) is 8.48. The average Bonchev–Trinajstić information content (AvgIpc) is 2.19. The van der Waals surface area contributed by atoms with E-state index in [0.717, 1.165) is 23.1 Å². The molecule has 0 aromatic heterocycles. The van der Waals surface area contributed by atoms with Crippen LogP contribution in [-0.4, -0.2) is 41.9 Å². The number of likely N-dealkylation sites (N-methyl/N-ethyl adjacent to an activating group) is 1. The molecule has 1 fully saturated rings. The van der Waals surface area contributed by atoms with E-state index in [-0.39, 0.29) is 0 Å². The Morgan fingerprint density at radius 2 is 1.73 bits per heavy atom. The van der Waals surface area contributed by atoms with Crippen LogP contribution in [0.2, 0.25) is 0 Å². The van der Waals surface area contributed by atoms with Crippen molar-refractivity contribution >= 4 is 0 Å². The minimum Gasteiger partial charge on any atom is -0.391 e. The van der Waals surface area contributed by atoms with Crippen LogP contribution in [0.4, 0.5) is 0 Å². The van der Waals surface area contributed by atoms with E-state index in [1.165, 1.54) is 12.8 Å². The number of nitrogens with zero attached hydrogens (tertiary/aromatic N) is 1. The van der Waals surface area contributed by atoms with Gasteiger partial charge in [-0.1, -0.05) is 0 Å². The van der Waals surface area contributed by atoms with Crippen molar-refractivity contribution in [3.8, 4) is 0 Å². The summed E-state index contributed by atoms with van der Waals surface area (Å²) in [7, 11) is 2.26. The lowest BCUT2D eigenvalue weighted by Gasteiger charge is -2.38. The molecule has 2 atom stereocenters. The van der Waals surface area contributed by atoms with Crippen LogP contribution >= 0.6 is 0 Å². The lowest BCUT2D eigenvalue weighted by atomic mass is 10.2. The molecule has 11 heavy (non-hydrogen) atoms. The summed E-state index contributed by atoms with van der Waals surface area (Å²) >= 11 is 0. The number of aliphatic hydroxyl groups excluding tert-OH is 1. The molecule has 2 nitrogen and oxygen atoms in total. The van der Waals surface area contributed by atoms with E-state index >= 15 is 0 Å². The zero-order valence-electron chi connectivity index (χ0n) is 7.88. The maximum absolute atomic E-state index is 8.91. The van der Waals surface area contributed by atoms with E-state index in [1.54, 1.807) is 0 Å². The standard InChI is InChI=1S/C9H20NO/c1-8-4-5-9(2)10(8,3)6-7-11/h8-9,11H,4-7H2,1-3H3/q+1. The lowest BCUT2D eigenvalue weighted by Crippen LogP contribution is -2.52. The van der Waals surface area contributed by atoms with Gasteiger partial charge in [0.25, 0.3) is 0 Å². The van der Waals surface area contributed by atoms with Gasteiger partial charge in [-0.3, -0.25) is 0 Å². The van der Waals surface area contributed by atoms with Gasteiger partial charge in [-0.05, 0) is 13.8 Å². The Balaban J connectivity index is 2.63. The molecule has 1 aliphatic rings. The molecule has 0 saturated carbocycles. The van der Waals surface area contributed by atoms with Crippen molar-refractivity contribution in [1.82, 2.24) is 0 Å². The van der Waals surface area contributed by atoms with Crippen molar-refractivity contribution in [3.05, 3.63) is 0 Å². The van der Waals surface area contributed by atoms with Crippen molar-refractivity contribution < 1.29 is 9.59 Å². The van der Waals surface area contributed by atoms with Gasteiger partial charge in [-0.15, -0.1) is 0 Å². The molecule has 0 aromatic rings. The summed E-state index contributed by atoms with van der Waals surface area (Å²) in [6.07, 6.45) is 2.63. The molecule has 2 heteroatoms. The van der Waals surface area contributed by atoms with Crippen LogP contribution < -0.4 is 0 Å². The van der Waals surface area contributed by atoms with Gasteiger partial charge in [0.1, 0.15) is 6.54 Å². The first-order valence-corrected chi connectivity index (χ1v) is 4.57. The lowest BCUT2D eigenvalue weighted by molar-refractivity contribution is -0.940.